The Kier molecular flexibility index (Phi) is 6.05. The summed E-state index contributed by atoms with van der Waals surface area (Å²) in [5.74, 6) is 1.35. The van der Waals surface area contributed by atoms with Gasteiger partial charge in [-0.05, 0) is 37.0 Å². The van der Waals surface area contributed by atoms with Crippen molar-refractivity contribution < 1.29 is 14.6 Å². The maximum atomic E-state index is 12.1. The fourth-order valence-corrected chi connectivity index (χ4v) is 2.59. The molecule has 2 rings (SSSR count). The van der Waals surface area contributed by atoms with Gasteiger partial charge in [0.2, 0.25) is 5.91 Å². The van der Waals surface area contributed by atoms with Crippen LogP contribution in [-0.2, 0) is 11.2 Å². The molecule has 1 saturated heterocycles. The van der Waals surface area contributed by atoms with E-state index in [4.69, 9.17) is 9.84 Å². The smallest absolute Gasteiger partial charge is 0.222 e. The first-order valence-corrected chi connectivity index (χ1v) is 7.83. The number of amides is 1. The second kappa shape index (κ2) is 8.03. The van der Waals surface area contributed by atoms with Crippen LogP contribution in [0.3, 0.4) is 0 Å². The number of nitrogens with zero attached hydrogens (tertiary/aromatic N) is 1. The summed E-state index contributed by atoms with van der Waals surface area (Å²) in [5, 5.41) is 9.11. The first-order chi connectivity index (χ1) is 10.2. The Hall–Kier alpha value is -1.55. The number of aliphatic hydroxyl groups is 1. The number of likely N-dealkylation sites (tertiary alicyclic amines) is 1. The summed E-state index contributed by atoms with van der Waals surface area (Å²) in [6.45, 7) is 4.49. The van der Waals surface area contributed by atoms with E-state index in [0.717, 1.165) is 43.7 Å². The minimum atomic E-state index is 0.184. The van der Waals surface area contributed by atoms with Gasteiger partial charge >= 0.3 is 0 Å². The molecule has 1 amide bonds. The summed E-state index contributed by atoms with van der Waals surface area (Å²) < 4.78 is 5.54. The summed E-state index contributed by atoms with van der Waals surface area (Å²) in [6, 6.07) is 7.98. The standard InChI is InChI=1S/C17H25NO3/c1-2-11-21-16-6-3-14(4-7-16)5-8-17(20)18-10-9-15(12-18)13-19/h3-4,6-7,15,19H,2,5,8-13H2,1H3. The zero-order valence-corrected chi connectivity index (χ0v) is 12.8. The number of carbonyl (C=O) groups excluding carboxylic acids is 1. The molecule has 1 unspecified atom stereocenters. The first kappa shape index (κ1) is 15.8. The highest BCUT2D eigenvalue weighted by Gasteiger charge is 2.25. The predicted octanol–water partition coefficient (Wildman–Crippen LogP) is 2.25. The van der Waals surface area contributed by atoms with Crippen LogP contribution in [0.2, 0.25) is 0 Å². The molecule has 116 valence electrons. The molecule has 1 fully saturated rings. The van der Waals surface area contributed by atoms with Crippen LogP contribution in [0.5, 0.6) is 5.75 Å². The number of aryl methyl sites for hydroxylation is 1. The normalized spacial score (nSPS) is 18.0. The lowest BCUT2D eigenvalue weighted by Gasteiger charge is -2.16. The van der Waals surface area contributed by atoms with Crippen molar-refractivity contribution in [3.63, 3.8) is 0 Å². The molecule has 1 aromatic rings. The van der Waals surface area contributed by atoms with Gasteiger partial charge in [-0.25, -0.2) is 0 Å². The minimum absolute atomic E-state index is 0.184. The highest BCUT2D eigenvalue weighted by Crippen LogP contribution is 2.18. The zero-order valence-electron chi connectivity index (χ0n) is 12.8. The van der Waals surface area contributed by atoms with Gasteiger partial charge in [0, 0.05) is 32.0 Å². The Morgan fingerprint density at radius 3 is 2.76 bits per heavy atom. The van der Waals surface area contributed by atoms with Crippen LogP contribution in [0.15, 0.2) is 24.3 Å². The van der Waals surface area contributed by atoms with Crippen LogP contribution in [-0.4, -0.2) is 42.2 Å². The van der Waals surface area contributed by atoms with Gasteiger partial charge in [0.05, 0.1) is 6.61 Å². The van der Waals surface area contributed by atoms with Crippen LogP contribution >= 0.6 is 0 Å². The maximum absolute atomic E-state index is 12.1. The Morgan fingerprint density at radius 2 is 2.14 bits per heavy atom. The van der Waals surface area contributed by atoms with E-state index in [9.17, 15) is 4.79 Å². The molecule has 4 nitrogen and oxygen atoms in total. The third kappa shape index (κ3) is 4.74. The summed E-state index contributed by atoms with van der Waals surface area (Å²) in [7, 11) is 0. The van der Waals surface area contributed by atoms with Crippen molar-refractivity contribution in [2.75, 3.05) is 26.3 Å². The van der Waals surface area contributed by atoms with Gasteiger partial charge in [0.1, 0.15) is 5.75 Å². The SMILES string of the molecule is CCCOc1ccc(CCC(=O)N2CCC(CO)C2)cc1. The van der Waals surface area contributed by atoms with E-state index in [1.54, 1.807) is 0 Å². The van der Waals surface area contributed by atoms with Gasteiger partial charge in [-0.2, -0.15) is 0 Å². The molecule has 0 spiro atoms. The monoisotopic (exact) mass is 291 g/mol. The molecule has 0 saturated carbocycles. The lowest BCUT2D eigenvalue weighted by atomic mass is 10.1. The predicted molar refractivity (Wildman–Crippen MR) is 82.3 cm³/mol. The molecule has 0 bridgehead atoms. The summed E-state index contributed by atoms with van der Waals surface area (Å²) in [4.78, 5) is 14.0. The number of aliphatic hydroxyl groups excluding tert-OH is 1. The third-order valence-electron chi connectivity index (χ3n) is 3.92. The van der Waals surface area contributed by atoms with Crippen molar-refractivity contribution in [3.8, 4) is 5.75 Å². The fraction of sp³-hybridized carbons (Fsp3) is 0.588. The Balaban J connectivity index is 1.76. The molecule has 1 N–H and O–H groups in total. The van der Waals surface area contributed by atoms with E-state index >= 15 is 0 Å². The number of hydrogen-bond acceptors (Lipinski definition) is 3. The van der Waals surface area contributed by atoms with Gasteiger partial charge in [-0.15, -0.1) is 0 Å². The van der Waals surface area contributed by atoms with Crippen LogP contribution in [0.1, 0.15) is 31.7 Å². The third-order valence-corrected chi connectivity index (χ3v) is 3.92. The topological polar surface area (TPSA) is 49.8 Å². The molecule has 21 heavy (non-hydrogen) atoms. The van der Waals surface area contributed by atoms with E-state index in [-0.39, 0.29) is 18.4 Å². The Morgan fingerprint density at radius 1 is 1.38 bits per heavy atom. The van der Waals surface area contributed by atoms with E-state index in [1.165, 1.54) is 0 Å². The second-order valence-electron chi connectivity index (χ2n) is 5.67. The van der Waals surface area contributed by atoms with Gasteiger partial charge in [-0.1, -0.05) is 19.1 Å². The Bertz CT molecular complexity index is 444. The lowest BCUT2D eigenvalue weighted by molar-refractivity contribution is -0.130. The van der Waals surface area contributed by atoms with Crippen molar-refractivity contribution in [1.29, 1.82) is 0 Å². The van der Waals surface area contributed by atoms with Gasteiger partial charge in [0.15, 0.2) is 0 Å². The summed E-state index contributed by atoms with van der Waals surface area (Å²) >= 11 is 0. The van der Waals surface area contributed by atoms with Crippen LogP contribution in [0.25, 0.3) is 0 Å². The molecule has 1 aliphatic heterocycles. The molecule has 1 atom stereocenters. The number of hydrogen-bond donors (Lipinski definition) is 1. The lowest BCUT2D eigenvalue weighted by Crippen LogP contribution is -2.29. The molecular formula is C17H25NO3. The minimum Gasteiger partial charge on any atom is -0.494 e. The van der Waals surface area contributed by atoms with Crippen molar-refractivity contribution in [1.82, 2.24) is 4.90 Å². The van der Waals surface area contributed by atoms with Crippen molar-refractivity contribution in [3.05, 3.63) is 29.8 Å². The number of benzene rings is 1. The maximum Gasteiger partial charge on any atom is 0.222 e. The molecular weight excluding hydrogens is 266 g/mol. The van der Waals surface area contributed by atoms with Crippen molar-refractivity contribution in [2.45, 2.75) is 32.6 Å². The van der Waals surface area contributed by atoms with Crippen LogP contribution < -0.4 is 4.74 Å². The van der Waals surface area contributed by atoms with Crippen LogP contribution in [0, 0.1) is 5.92 Å². The van der Waals surface area contributed by atoms with Crippen molar-refractivity contribution >= 4 is 5.91 Å². The van der Waals surface area contributed by atoms with Gasteiger partial charge < -0.3 is 14.7 Å². The number of ether oxygens (including phenoxy) is 1. The highest BCUT2D eigenvalue weighted by molar-refractivity contribution is 5.76. The fourth-order valence-electron chi connectivity index (χ4n) is 2.59. The Labute approximate surface area is 126 Å². The molecule has 1 aliphatic rings. The number of carbonyl (C=O) groups is 1. The van der Waals surface area contributed by atoms with Crippen LogP contribution in [0.4, 0.5) is 0 Å². The number of rotatable bonds is 7. The molecule has 4 heteroatoms. The molecule has 0 aliphatic carbocycles. The molecule has 1 heterocycles. The zero-order chi connectivity index (χ0) is 15.1. The van der Waals surface area contributed by atoms with E-state index < -0.39 is 0 Å². The second-order valence-corrected chi connectivity index (χ2v) is 5.67. The quantitative estimate of drug-likeness (QED) is 0.838. The van der Waals surface area contributed by atoms with Crippen molar-refractivity contribution in [2.24, 2.45) is 5.92 Å². The highest BCUT2D eigenvalue weighted by atomic mass is 16.5. The summed E-state index contributed by atoms with van der Waals surface area (Å²) in [5.41, 5.74) is 1.16. The first-order valence-electron chi connectivity index (χ1n) is 7.83. The average molecular weight is 291 g/mol. The van der Waals surface area contributed by atoms with E-state index in [1.807, 2.05) is 29.2 Å². The van der Waals surface area contributed by atoms with Gasteiger partial charge in [0.25, 0.3) is 0 Å². The largest absolute Gasteiger partial charge is 0.494 e. The van der Waals surface area contributed by atoms with Gasteiger partial charge in [-0.3, -0.25) is 4.79 Å². The average Bonchev–Trinajstić information content (AvgIpc) is 3.00. The molecule has 0 aromatic heterocycles. The summed E-state index contributed by atoms with van der Waals surface area (Å²) in [6.07, 6.45) is 3.22. The van der Waals surface area contributed by atoms with E-state index in [2.05, 4.69) is 6.92 Å². The van der Waals surface area contributed by atoms with E-state index in [0.29, 0.717) is 13.0 Å². The molecule has 1 aromatic carbocycles. The molecule has 0 radical (unpaired) electrons.